The minimum atomic E-state index is -4.58. The third-order valence-electron chi connectivity index (χ3n) is 4.09. The summed E-state index contributed by atoms with van der Waals surface area (Å²) < 4.78 is 48.9. The number of nitrogens with zero attached hydrogens (tertiary/aromatic N) is 2. The van der Waals surface area contributed by atoms with Gasteiger partial charge in [0.2, 0.25) is 0 Å². The van der Waals surface area contributed by atoms with Gasteiger partial charge in [-0.15, -0.1) is 0 Å². The summed E-state index contributed by atoms with van der Waals surface area (Å²) in [7, 11) is -1.29. The average molecular weight is 453 g/mol. The Morgan fingerprint density at radius 3 is 2.35 bits per heavy atom. The quantitative estimate of drug-likeness (QED) is 0.429. The van der Waals surface area contributed by atoms with E-state index in [4.69, 9.17) is 4.74 Å². The first-order valence-electron chi connectivity index (χ1n) is 8.43. The summed E-state index contributed by atoms with van der Waals surface area (Å²) in [5.74, 6) is 0. The molecule has 0 spiro atoms. The summed E-state index contributed by atoms with van der Waals surface area (Å²) in [5, 5.41) is 0. The molecule has 0 aliphatic heterocycles. The minimum Gasteiger partial charge on any atom is -0.361 e. The Bertz CT molecular complexity index is 851. The second-order valence-electron chi connectivity index (χ2n) is 7.81. The topological polar surface area (TPSA) is 36.2 Å². The number of rotatable bonds is 6. The Balaban J connectivity index is 2.56. The molecule has 9 heteroatoms. The molecule has 0 atom stereocenters. The van der Waals surface area contributed by atoms with Crippen LogP contribution in [0.3, 0.4) is 0 Å². The standard InChI is InChI=1S/C17H24BrF3N2O2Si/c1-11(2)23-15-13(7-6-12(18)14(15)17(19,20)21)22(16(23)24)10-25-8-9-26(3,4)5/h6-7,11H,8-10H2,1-5H3. The van der Waals surface area contributed by atoms with Gasteiger partial charge in [-0.3, -0.25) is 9.13 Å². The third kappa shape index (κ3) is 4.43. The maximum Gasteiger partial charge on any atom is 0.419 e. The van der Waals surface area contributed by atoms with E-state index in [0.29, 0.717) is 6.61 Å². The van der Waals surface area contributed by atoms with Crippen LogP contribution in [0.5, 0.6) is 0 Å². The number of alkyl halides is 3. The monoisotopic (exact) mass is 452 g/mol. The fraction of sp³-hybridized carbons (Fsp3) is 0.588. The predicted octanol–water partition coefficient (Wildman–Crippen LogP) is 5.48. The Morgan fingerprint density at radius 1 is 1.23 bits per heavy atom. The summed E-state index contributed by atoms with van der Waals surface area (Å²) in [6.45, 7) is 10.4. The van der Waals surface area contributed by atoms with E-state index in [-0.39, 0.29) is 22.2 Å². The van der Waals surface area contributed by atoms with Crippen LogP contribution < -0.4 is 5.69 Å². The maximum atomic E-state index is 13.6. The molecule has 0 bridgehead atoms. The van der Waals surface area contributed by atoms with Gasteiger partial charge < -0.3 is 4.74 Å². The van der Waals surface area contributed by atoms with Crippen molar-refractivity contribution in [3.05, 3.63) is 32.7 Å². The number of fused-ring (bicyclic) bond motifs is 1. The number of imidazole rings is 1. The van der Waals surface area contributed by atoms with E-state index in [1.165, 1.54) is 21.3 Å². The molecule has 1 aromatic carbocycles. The van der Waals surface area contributed by atoms with Crippen LogP contribution in [0.4, 0.5) is 13.2 Å². The Labute approximate surface area is 160 Å². The van der Waals surface area contributed by atoms with Crippen molar-refractivity contribution in [1.82, 2.24) is 9.13 Å². The van der Waals surface area contributed by atoms with Gasteiger partial charge in [-0.2, -0.15) is 13.2 Å². The van der Waals surface area contributed by atoms with Gasteiger partial charge in [0.25, 0.3) is 0 Å². The van der Waals surface area contributed by atoms with Gasteiger partial charge in [0, 0.05) is 25.2 Å². The Morgan fingerprint density at radius 2 is 1.85 bits per heavy atom. The molecule has 1 heterocycles. The van der Waals surface area contributed by atoms with Crippen molar-refractivity contribution < 1.29 is 17.9 Å². The van der Waals surface area contributed by atoms with E-state index < -0.39 is 31.5 Å². The lowest BCUT2D eigenvalue weighted by atomic mass is 10.1. The zero-order chi connectivity index (χ0) is 19.9. The lowest BCUT2D eigenvalue weighted by Gasteiger charge is -2.15. The first-order valence-corrected chi connectivity index (χ1v) is 12.9. The van der Waals surface area contributed by atoms with Crippen LogP contribution in [-0.4, -0.2) is 23.8 Å². The molecule has 4 nitrogen and oxygen atoms in total. The first kappa shape index (κ1) is 21.2. The molecule has 0 aliphatic rings. The smallest absolute Gasteiger partial charge is 0.361 e. The molecule has 0 saturated carbocycles. The SMILES string of the molecule is CC(C)n1c(=O)n(COCC[Si](C)(C)C)c2ccc(Br)c(C(F)(F)F)c21. The van der Waals surface area contributed by atoms with Crippen LogP contribution in [0.1, 0.15) is 25.5 Å². The van der Waals surface area contributed by atoms with Gasteiger partial charge in [-0.05, 0) is 32.0 Å². The molecule has 0 aliphatic carbocycles. The van der Waals surface area contributed by atoms with E-state index >= 15 is 0 Å². The lowest BCUT2D eigenvalue weighted by Crippen LogP contribution is -2.27. The Kier molecular flexibility index (Phi) is 6.14. The Hall–Kier alpha value is -1.06. The zero-order valence-corrected chi connectivity index (χ0v) is 18.2. The third-order valence-corrected chi connectivity index (χ3v) is 6.46. The summed E-state index contributed by atoms with van der Waals surface area (Å²) in [4.78, 5) is 12.8. The molecule has 0 radical (unpaired) electrons. The van der Waals surface area contributed by atoms with Crippen LogP contribution in [0.15, 0.2) is 21.4 Å². The molecule has 146 valence electrons. The van der Waals surface area contributed by atoms with E-state index in [1.54, 1.807) is 13.8 Å². The molecule has 0 saturated heterocycles. The van der Waals surface area contributed by atoms with Crippen molar-refractivity contribution >= 4 is 35.0 Å². The van der Waals surface area contributed by atoms with E-state index in [2.05, 4.69) is 35.6 Å². The summed E-state index contributed by atoms with van der Waals surface area (Å²) >= 11 is 2.98. The number of halogens is 4. The van der Waals surface area contributed by atoms with Crippen LogP contribution in [-0.2, 0) is 17.6 Å². The zero-order valence-electron chi connectivity index (χ0n) is 15.6. The maximum absolute atomic E-state index is 13.6. The summed E-state index contributed by atoms with van der Waals surface area (Å²) in [6.07, 6.45) is -4.58. The number of hydrogen-bond acceptors (Lipinski definition) is 2. The van der Waals surface area contributed by atoms with Crippen molar-refractivity contribution in [3.8, 4) is 0 Å². The summed E-state index contributed by atoms with van der Waals surface area (Å²) in [6, 6.07) is 3.36. The van der Waals surface area contributed by atoms with Crippen molar-refractivity contribution in [2.24, 2.45) is 0 Å². The molecule has 1 aromatic heterocycles. The molecule has 26 heavy (non-hydrogen) atoms. The molecule has 0 fully saturated rings. The highest BCUT2D eigenvalue weighted by atomic mass is 79.9. The van der Waals surface area contributed by atoms with Crippen LogP contribution in [0.2, 0.25) is 25.7 Å². The van der Waals surface area contributed by atoms with Gasteiger partial charge in [-0.1, -0.05) is 35.6 Å². The second kappa shape index (κ2) is 7.51. The average Bonchev–Trinajstić information content (AvgIpc) is 2.72. The van der Waals surface area contributed by atoms with Gasteiger partial charge in [0.05, 0.1) is 16.6 Å². The van der Waals surface area contributed by atoms with E-state index in [1.807, 2.05) is 0 Å². The summed E-state index contributed by atoms with van der Waals surface area (Å²) in [5.41, 5.74) is -1.21. The number of hydrogen-bond donors (Lipinski definition) is 0. The van der Waals surface area contributed by atoms with E-state index in [0.717, 1.165) is 6.04 Å². The number of aromatic nitrogens is 2. The second-order valence-corrected chi connectivity index (χ2v) is 14.3. The van der Waals surface area contributed by atoms with Crippen LogP contribution in [0.25, 0.3) is 11.0 Å². The van der Waals surface area contributed by atoms with Crippen LogP contribution >= 0.6 is 15.9 Å². The normalized spacial score (nSPS) is 13.2. The predicted molar refractivity (Wildman–Crippen MR) is 103 cm³/mol. The highest BCUT2D eigenvalue weighted by molar-refractivity contribution is 9.10. The highest BCUT2D eigenvalue weighted by Gasteiger charge is 2.38. The number of benzene rings is 1. The molecule has 0 amide bonds. The van der Waals surface area contributed by atoms with Crippen molar-refractivity contribution in [3.63, 3.8) is 0 Å². The molecular formula is C17H24BrF3N2O2Si. The van der Waals surface area contributed by atoms with E-state index in [9.17, 15) is 18.0 Å². The van der Waals surface area contributed by atoms with Crippen LogP contribution in [0, 0.1) is 0 Å². The van der Waals surface area contributed by atoms with Gasteiger partial charge in [-0.25, -0.2) is 4.79 Å². The van der Waals surface area contributed by atoms with Crippen molar-refractivity contribution in [2.75, 3.05) is 6.61 Å². The van der Waals surface area contributed by atoms with Crippen molar-refractivity contribution in [2.45, 2.75) is 58.5 Å². The first-order chi connectivity index (χ1) is 11.8. The van der Waals surface area contributed by atoms with Gasteiger partial charge >= 0.3 is 11.9 Å². The molecule has 0 N–H and O–H groups in total. The number of ether oxygens (including phenoxy) is 1. The fourth-order valence-corrected chi connectivity index (χ4v) is 4.06. The van der Waals surface area contributed by atoms with Gasteiger partial charge in [0.1, 0.15) is 6.73 Å². The fourth-order valence-electron chi connectivity index (χ4n) is 2.75. The van der Waals surface area contributed by atoms with Crippen molar-refractivity contribution in [1.29, 1.82) is 0 Å². The lowest BCUT2D eigenvalue weighted by molar-refractivity contribution is -0.137. The highest BCUT2D eigenvalue weighted by Crippen LogP contribution is 2.40. The minimum absolute atomic E-state index is 0.0571. The molecule has 2 rings (SSSR count). The molecule has 0 unspecified atom stereocenters. The molecule has 2 aromatic rings. The largest absolute Gasteiger partial charge is 0.419 e. The van der Waals surface area contributed by atoms with Gasteiger partial charge in [0.15, 0.2) is 0 Å². The molecular weight excluding hydrogens is 429 g/mol.